The third-order valence-corrected chi connectivity index (χ3v) is 2.17. The number of nitrogens with zero attached hydrogens (tertiary/aromatic N) is 3. The van der Waals surface area contributed by atoms with Crippen LogP contribution in [0.2, 0.25) is 0 Å². The minimum atomic E-state index is 0.233. The molecule has 0 radical (unpaired) electrons. The molecular formula is C9H8N4O. The number of hydrogen-bond acceptors (Lipinski definition) is 4. The van der Waals surface area contributed by atoms with Crippen LogP contribution in [0.15, 0.2) is 24.3 Å². The molecule has 1 aliphatic heterocycles. The van der Waals surface area contributed by atoms with Crippen molar-refractivity contribution in [3.05, 3.63) is 29.8 Å². The van der Waals surface area contributed by atoms with Gasteiger partial charge in [-0.25, -0.2) is 0 Å². The monoisotopic (exact) mass is 188 g/mol. The van der Waals surface area contributed by atoms with Gasteiger partial charge in [-0.1, -0.05) is 18.2 Å². The zero-order chi connectivity index (χ0) is 9.54. The van der Waals surface area contributed by atoms with E-state index < -0.39 is 0 Å². The van der Waals surface area contributed by atoms with Crippen molar-refractivity contribution in [1.29, 1.82) is 0 Å². The maximum absolute atomic E-state index is 5.49. The molecule has 0 amide bonds. The Kier molecular flexibility index (Phi) is 1.30. The standard InChI is InChI=1S/C9H8N4O/c10-8-11-9-13(12-8)7-4-2-1-3-6(7)5-14-9/h1-4H,5H2,(H2,10,12). The lowest BCUT2D eigenvalue weighted by Gasteiger charge is -2.16. The summed E-state index contributed by atoms with van der Waals surface area (Å²) >= 11 is 0. The van der Waals surface area contributed by atoms with Crippen molar-refractivity contribution in [1.82, 2.24) is 14.8 Å². The fraction of sp³-hybridized carbons (Fsp3) is 0.111. The summed E-state index contributed by atoms with van der Waals surface area (Å²) in [7, 11) is 0. The van der Waals surface area contributed by atoms with Gasteiger partial charge in [-0.3, -0.25) is 0 Å². The van der Waals surface area contributed by atoms with Gasteiger partial charge in [0.05, 0.1) is 5.69 Å². The molecule has 0 aliphatic carbocycles. The first-order valence-electron chi connectivity index (χ1n) is 4.28. The zero-order valence-electron chi connectivity index (χ0n) is 7.34. The lowest BCUT2D eigenvalue weighted by atomic mass is 10.2. The van der Waals surface area contributed by atoms with E-state index >= 15 is 0 Å². The molecule has 0 spiro atoms. The fourth-order valence-electron chi connectivity index (χ4n) is 1.55. The first-order chi connectivity index (χ1) is 6.84. The van der Waals surface area contributed by atoms with E-state index in [9.17, 15) is 0 Å². The minimum Gasteiger partial charge on any atom is -0.458 e. The molecule has 2 N–H and O–H groups in total. The van der Waals surface area contributed by atoms with Crippen LogP contribution in [0.4, 0.5) is 5.95 Å². The van der Waals surface area contributed by atoms with Gasteiger partial charge in [-0.05, 0) is 6.07 Å². The summed E-state index contributed by atoms with van der Waals surface area (Å²) < 4.78 is 7.00. The van der Waals surface area contributed by atoms with Crippen LogP contribution in [0.5, 0.6) is 6.01 Å². The van der Waals surface area contributed by atoms with Crippen molar-refractivity contribution in [2.24, 2.45) is 0 Å². The van der Waals surface area contributed by atoms with Gasteiger partial charge in [0, 0.05) is 5.56 Å². The largest absolute Gasteiger partial charge is 0.458 e. The molecule has 2 aromatic rings. The molecule has 0 atom stereocenters. The lowest BCUT2D eigenvalue weighted by Crippen LogP contribution is -2.12. The highest BCUT2D eigenvalue weighted by atomic mass is 16.5. The van der Waals surface area contributed by atoms with Gasteiger partial charge in [-0.15, -0.1) is 5.10 Å². The summed E-state index contributed by atoms with van der Waals surface area (Å²) in [6.07, 6.45) is 0. The molecule has 1 aliphatic rings. The summed E-state index contributed by atoms with van der Waals surface area (Å²) in [6, 6.07) is 8.34. The molecule has 1 aromatic heterocycles. The van der Waals surface area contributed by atoms with Gasteiger partial charge < -0.3 is 10.5 Å². The van der Waals surface area contributed by atoms with E-state index in [2.05, 4.69) is 10.1 Å². The number of hydrogen-bond donors (Lipinski definition) is 1. The average Bonchev–Trinajstić information content (AvgIpc) is 2.59. The van der Waals surface area contributed by atoms with Gasteiger partial charge in [0.1, 0.15) is 6.61 Å². The van der Waals surface area contributed by atoms with Crippen molar-refractivity contribution in [2.45, 2.75) is 6.61 Å². The lowest BCUT2D eigenvalue weighted by molar-refractivity contribution is 0.260. The van der Waals surface area contributed by atoms with E-state index in [-0.39, 0.29) is 5.95 Å². The van der Waals surface area contributed by atoms with E-state index in [1.807, 2.05) is 24.3 Å². The second kappa shape index (κ2) is 2.47. The van der Waals surface area contributed by atoms with Crippen LogP contribution in [0.1, 0.15) is 5.56 Å². The number of fused-ring (bicyclic) bond motifs is 3. The second-order valence-corrected chi connectivity index (χ2v) is 3.08. The number of nitrogens with two attached hydrogens (primary N) is 1. The molecule has 0 saturated carbocycles. The van der Waals surface area contributed by atoms with E-state index in [4.69, 9.17) is 10.5 Å². The Morgan fingerprint density at radius 2 is 2.21 bits per heavy atom. The first kappa shape index (κ1) is 7.37. The third kappa shape index (κ3) is 0.891. The van der Waals surface area contributed by atoms with Gasteiger partial charge in [0.15, 0.2) is 0 Å². The molecule has 0 saturated heterocycles. The van der Waals surface area contributed by atoms with E-state index in [0.29, 0.717) is 12.6 Å². The molecule has 14 heavy (non-hydrogen) atoms. The maximum Gasteiger partial charge on any atom is 0.321 e. The predicted molar refractivity (Wildman–Crippen MR) is 50.1 cm³/mol. The molecule has 1 aromatic carbocycles. The Morgan fingerprint density at radius 3 is 3.14 bits per heavy atom. The van der Waals surface area contributed by atoms with Crippen LogP contribution in [-0.4, -0.2) is 14.8 Å². The summed E-state index contributed by atoms with van der Waals surface area (Å²) in [6.45, 7) is 0.522. The molecule has 5 nitrogen and oxygen atoms in total. The summed E-state index contributed by atoms with van der Waals surface area (Å²) in [5, 5.41) is 4.05. The highest BCUT2D eigenvalue weighted by Crippen LogP contribution is 2.25. The van der Waals surface area contributed by atoms with Crippen LogP contribution in [0.3, 0.4) is 0 Å². The third-order valence-electron chi connectivity index (χ3n) is 2.17. The quantitative estimate of drug-likeness (QED) is 0.662. The number of nitrogen functional groups attached to an aromatic ring is 1. The average molecular weight is 188 g/mol. The molecule has 5 heteroatoms. The number of anilines is 1. The van der Waals surface area contributed by atoms with Gasteiger partial charge in [0.2, 0.25) is 5.95 Å². The van der Waals surface area contributed by atoms with Crippen molar-refractivity contribution in [3.8, 4) is 11.7 Å². The molecule has 2 heterocycles. The Balaban J connectivity index is 2.28. The SMILES string of the molecule is Nc1nc2n(n1)-c1ccccc1CO2. The Hall–Kier alpha value is -2.04. The highest BCUT2D eigenvalue weighted by molar-refractivity contribution is 5.44. The highest BCUT2D eigenvalue weighted by Gasteiger charge is 2.19. The Labute approximate surface area is 80.1 Å². The van der Waals surface area contributed by atoms with E-state index in [1.54, 1.807) is 4.68 Å². The molecule has 0 unspecified atom stereocenters. The number of benzene rings is 1. The summed E-state index contributed by atoms with van der Waals surface area (Å²) in [4.78, 5) is 3.96. The summed E-state index contributed by atoms with van der Waals surface area (Å²) in [5.41, 5.74) is 7.56. The predicted octanol–water partition coefficient (Wildman–Crippen LogP) is 0.742. The van der Waals surface area contributed by atoms with Gasteiger partial charge in [0.25, 0.3) is 0 Å². The van der Waals surface area contributed by atoms with E-state index in [0.717, 1.165) is 11.3 Å². The number of aromatic nitrogens is 3. The minimum absolute atomic E-state index is 0.233. The van der Waals surface area contributed by atoms with Crippen molar-refractivity contribution >= 4 is 5.95 Å². The molecular weight excluding hydrogens is 180 g/mol. The normalized spacial score (nSPS) is 12.9. The number of para-hydroxylation sites is 1. The Bertz CT molecular complexity index is 491. The van der Waals surface area contributed by atoms with Crippen LogP contribution < -0.4 is 10.5 Å². The maximum atomic E-state index is 5.49. The smallest absolute Gasteiger partial charge is 0.321 e. The Morgan fingerprint density at radius 1 is 1.36 bits per heavy atom. The first-order valence-corrected chi connectivity index (χ1v) is 4.28. The van der Waals surface area contributed by atoms with Crippen molar-refractivity contribution in [3.63, 3.8) is 0 Å². The molecule has 3 rings (SSSR count). The number of ether oxygens (including phenoxy) is 1. The van der Waals surface area contributed by atoms with Crippen LogP contribution >= 0.6 is 0 Å². The van der Waals surface area contributed by atoms with Crippen LogP contribution in [0.25, 0.3) is 5.69 Å². The zero-order valence-corrected chi connectivity index (χ0v) is 7.34. The topological polar surface area (TPSA) is 66.0 Å². The van der Waals surface area contributed by atoms with Crippen molar-refractivity contribution in [2.75, 3.05) is 5.73 Å². The molecule has 0 bridgehead atoms. The molecule has 70 valence electrons. The van der Waals surface area contributed by atoms with Crippen molar-refractivity contribution < 1.29 is 4.74 Å². The van der Waals surface area contributed by atoms with Crippen LogP contribution in [-0.2, 0) is 6.61 Å². The molecule has 0 fully saturated rings. The number of rotatable bonds is 0. The van der Waals surface area contributed by atoms with E-state index in [1.165, 1.54) is 0 Å². The van der Waals surface area contributed by atoms with Gasteiger partial charge in [-0.2, -0.15) is 9.67 Å². The summed E-state index contributed by atoms with van der Waals surface area (Å²) in [5.74, 6) is 0.233. The second-order valence-electron chi connectivity index (χ2n) is 3.08. The van der Waals surface area contributed by atoms with Crippen LogP contribution in [0, 0.1) is 0 Å². The van der Waals surface area contributed by atoms with Gasteiger partial charge >= 0.3 is 6.01 Å². The fourth-order valence-corrected chi connectivity index (χ4v) is 1.55.